The highest BCUT2D eigenvalue weighted by molar-refractivity contribution is 5.36. The zero-order chi connectivity index (χ0) is 15.9. The van der Waals surface area contributed by atoms with Gasteiger partial charge in [0.25, 0.3) is 0 Å². The lowest BCUT2D eigenvalue weighted by Gasteiger charge is -2.15. The summed E-state index contributed by atoms with van der Waals surface area (Å²) in [5, 5.41) is 9.72. The summed E-state index contributed by atoms with van der Waals surface area (Å²) < 4.78 is 43.5. The van der Waals surface area contributed by atoms with Crippen LogP contribution in [-0.2, 0) is 6.18 Å². The van der Waals surface area contributed by atoms with Crippen molar-refractivity contribution in [3.63, 3.8) is 0 Å². The number of ether oxygens (including phenoxy) is 1. The lowest BCUT2D eigenvalue weighted by molar-refractivity contribution is -0.138. The minimum absolute atomic E-state index is 0.00551. The molecule has 1 unspecified atom stereocenters. The average molecular weight is 302 g/mol. The smallest absolute Gasteiger partial charge is 0.416 e. The standard InChI is InChI=1S/C16H21F3O2/c1-3-4-5-6-7-13(20)11-21-14-9-8-12(2)15(10-14)16(17,18)19/h3,8-10,13,20H,1,4-7,11H2,2H3. The van der Waals surface area contributed by atoms with E-state index in [0.29, 0.717) is 6.42 Å². The van der Waals surface area contributed by atoms with Gasteiger partial charge < -0.3 is 9.84 Å². The quantitative estimate of drug-likeness (QED) is 0.566. The lowest BCUT2D eigenvalue weighted by atomic mass is 10.1. The molecule has 1 rings (SSSR count). The largest absolute Gasteiger partial charge is 0.491 e. The van der Waals surface area contributed by atoms with E-state index >= 15 is 0 Å². The molecular weight excluding hydrogens is 281 g/mol. The predicted molar refractivity (Wildman–Crippen MR) is 76.3 cm³/mol. The van der Waals surface area contributed by atoms with E-state index in [1.54, 1.807) is 0 Å². The van der Waals surface area contributed by atoms with E-state index in [1.165, 1.54) is 19.1 Å². The molecule has 2 nitrogen and oxygen atoms in total. The number of rotatable bonds is 8. The molecule has 0 amide bonds. The van der Waals surface area contributed by atoms with Gasteiger partial charge in [0.2, 0.25) is 0 Å². The molecule has 0 spiro atoms. The fourth-order valence-electron chi connectivity index (χ4n) is 1.94. The van der Waals surface area contributed by atoms with Gasteiger partial charge >= 0.3 is 6.18 Å². The molecule has 0 radical (unpaired) electrons. The SMILES string of the molecule is C=CCCCCC(O)COc1ccc(C)c(C(F)(F)F)c1. The highest BCUT2D eigenvalue weighted by Crippen LogP contribution is 2.34. The van der Waals surface area contributed by atoms with Crippen LogP contribution in [0.3, 0.4) is 0 Å². The number of aliphatic hydroxyl groups excluding tert-OH is 1. The van der Waals surface area contributed by atoms with Crippen molar-refractivity contribution in [3.8, 4) is 5.75 Å². The van der Waals surface area contributed by atoms with Gasteiger partial charge in [-0.2, -0.15) is 13.2 Å². The molecule has 0 bridgehead atoms. The molecule has 5 heteroatoms. The molecule has 21 heavy (non-hydrogen) atoms. The molecule has 0 aliphatic carbocycles. The van der Waals surface area contributed by atoms with Crippen molar-refractivity contribution in [2.24, 2.45) is 0 Å². The fraction of sp³-hybridized carbons (Fsp3) is 0.500. The first-order chi connectivity index (χ1) is 9.84. The Kier molecular flexibility index (Phi) is 6.75. The Bertz CT molecular complexity index is 455. The van der Waals surface area contributed by atoms with E-state index in [9.17, 15) is 18.3 Å². The van der Waals surface area contributed by atoms with E-state index in [2.05, 4.69) is 6.58 Å². The number of halogens is 3. The summed E-state index contributed by atoms with van der Waals surface area (Å²) in [6.07, 6.45) is -0.0421. The number of hydrogen-bond acceptors (Lipinski definition) is 2. The number of allylic oxidation sites excluding steroid dienone is 1. The summed E-state index contributed by atoms with van der Waals surface area (Å²) in [6, 6.07) is 3.82. The normalized spacial score (nSPS) is 13.0. The van der Waals surface area contributed by atoms with Crippen molar-refractivity contribution in [1.82, 2.24) is 0 Å². The van der Waals surface area contributed by atoms with Gasteiger partial charge in [-0.3, -0.25) is 0 Å². The summed E-state index contributed by atoms with van der Waals surface area (Å²) in [7, 11) is 0. The third-order valence-corrected chi connectivity index (χ3v) is 3.15. The number of aliphatic hydroxyl groups is 1. The van der Waals surface area contributed by atoms with Crippen LogP contribution in [0.1, 0.15) is 36.8 Å². The second-order valence-corrected chi connectivity index (χ2v) is 5.01. The fourth-order valence-corrected chi connectivity index (χ4v) is 1.94. The Morgan fingerprint density at radius 1 is 1.33 bits per heavy atom. The Hall–Kier alpha value is -1.49. The molecule has 1 N–H and O–H groups in total. The van der Waals surface area contributed by atoms with Gasteiger partial charge in [-0.15, -0.1) is 6.58 Å². The Morgan fingerprint density at radius 3 is 2.67 bits per heavy atom. The van der Waals surface area contributed by atoms with Crippen LogP contribution in [0.25, 0.3) is 0 Å². The van der Waals surface area contributed by atoms with Crippen molar-refractivity contribution >= 4 is 0 Å². The number of aryl methyl sites for hydroxylation is 1. The van der Waals surface area contributed by atoms with Crippen molar-refractivity contribution in [2.45, 2.75) is 44.9 Å². The van der Waals surface area contributed by atoms with E-state index in [4.69, 9.17) is 4.74 Å². The topological polar surface area (TPSA) is 29.5 Å². The first kappa shape index (κ1) is 17.6. The molecule has 1 aromatic rings. The van der Waals surface area contributed by atoms with Crippen molar-refractivity contribution in [3.05, 3.63) is 42.0 Å². The molecule has 118 valence electrons. The van der Waals surface area contributed by atoms with Gasteiger partial charge in [0.05, 0.1) is 11.7 Å². The summed E-state index contributed by atoms with van der Waals surface area (Å²) in [4.78, 5) is 0. The van der Waals surface area contributed by atoms with Crippen molar-refractivity contribution in [2.75, 3.05) is 6.61 Å². The molecule has 0 saturated heterocycles. The molecule has 0 heterocycles. The maximum atomic E-state index is 12.8. The van der Waals surface area contributed by atoms with Crippen LogP contribution < -0.4 is 4.74 Å². The molecule has 0 aromatic heterocycles. The maximum Gasteiger partial charge on any atom is 0.416 e. The number of hydrogen-bond donors (Lipinski definition) is 1. The highest BCUT2D eigenvalue weighted by atomic mass is 19.4. The molecule has 0 aliphatic rings. The predicted octanol–water partition coefficient (Wildman–Crippen LogP) is 4.50. The van der Waals surface area contributed by atoms with Crippen LogP contribution in [0.15, 0.2) is 30.9 Å². The summed E-state index contributed by atoms with van der Waals surface area (Å²) in [6.45, 7) is 5.01. The third-order valence-electron chi connectivity index (χ3n) is 3.15. The molecule has 0 saturated carbocycles. The minimum atomic E-state index is -4.40. The second kappa shape index (κ2) is 8.08. The molecule has 0 fully saturated rings. The van der Waals surface area contributed by atoms with E-state index in [0.717, 1.165) is 25.3 Å². The summed E-state index contributed by atoms with van der Waals surface area (Å²) in [5.41, 5.74) is -0.555. The lowest BCUT2D eigenvalue weighted by Crippen LogP contribution is -2.17. The summed E-state index contributed by atoms with van der Waals surface area (Å²) >= 11 is 0. The Labute approximate surface area is 123 Å². The molecule has 1 aromatic carbocycles. The van der Waals surface area contributed by atoms with Crippen LogP contribution in [-0.4, -0.2) is 17.8 Å². The van der Waals surface area contributed by atoms with Gasteiger partial charge in [-0.25, -0.2) is 0 Å². The average Bonchev–Trinajstić information content (AvgIpc) is 2.41. The van der Waals surface area contributed by atoms with Crippen LogP contribution in [0.5, 0.6) is 5.75 Å². The van der Waals surface area contributed by atoms with Gasteiger partial charge in [0.15, 0.2) is 0 Å². The number of unbranched alkanes of at least 4 members (excludes halogenated alkanes) is 2. The van der Waals surface area contributed by atoms with Crippen molar-refractivity contribution < 1.29 is 23.0 Å². The van der Waals surface area contributed by atoms with Crippen molar-refractivity contribution in [1.29, 1.82) is 0 Å². The Morgan fingerprint density at radius 2 is 2.05 bits per heavy atom. The maximum absolute atomic E-state index is 12.8. The second-order valence-electron chi connectivity index (χ2n) is 5.01. The Balaban J connectivity index is 2.50. The van der Waals surface area contributed by atoms with E-state index < -0.39 is 17.8 Å². The van der Waals surface area contributed by atoms with Gasteiger partial charge in [0, 0.05) is 0 Å². The van der Waals surface area contributed by atoms with Gasteiger partial charge in [-0.05, 0) is 43.9 Å². The molecule has 1 atom stereocenters. The van der Waals surface area contributed by atoms with Crippen LogP contribution in [0.2, 0.25) is 0 Å². The molecular formula is C16H21F3O2. The first-order valence-corrected chi connectivity index (χ1v) is 6.94. The monoisotopic (exact) mass is 302 g/mol. The molecule has 0 aliphatic heterocycles. The van der Waals surface area contributed by atoms with E-state index in [-0.39, 0.29) is 17.9 Å². The first-order valence-electron chi connectivity index (χ1n) is 6.94. The summed E-state index contributed by atoms with van der Waals surface area (Å²) in [5.74, 6) is 0.123. The highest BCUT2D eigenvalue weighted by Gasteiger charge is 2.32. The van der Waals surface area contributed by atoms with Crippen LogP contribution in [0, 0.1) is 6.92 Å². The van der Waals surface area contributed by atoms with Gasteiger partial charge in [0.1, 0.15) is 12.4 Å². The minimum Gasteiger partial charge on any atom is -0.491 e. The van der Waals surface area contributed by atoms with Gasteiger partial charge in [-0.1, -0.05) is 18.6 Å². The van der Waals surface area contributed by atoms with Crippen LogP contribution >= 0.6 is 0 Å². The van der Waals surface area contributed by atoms with E-state index in [1.807, 2.05) is 6.08 Å². The zero-order valence-corrected chi connectivity index (χ0v) is 12.1. The van der Waals surface area contributed by atoms with Crippen LogP contribution in [0.4, 0.5) is 13.2 Å². The third kappa shape index (κ3) is 6.21. The number of alkyl halides is 3. The number of benzene rings is 1. The zero-order valence-electron chi connectivity index (χ0n) is 12.1.